The van der Waals surface area contributed by atoms with Crippen LogP contribution in [0, 0.1) is 0 Å². The summed E-state index contributed by atoms with van der Waals surface area (Å²) >= 11 is 7.73. The minimum absolute atomic E-state index is 0.265. The predicted molar refractivity (Wildman–Crippen MR) is 127 cm³/mol. The van der Waals surface area contributed by atoms with Crippen molar-refractivity contribution < 1.29 is 9.59 Å². The van der Waals surface area contributed by atoms with E-state index in [1.165, 1.54) is 29.9 Å². The Morgan fingerprint density at radius 1 is 0.871 bits per heavy atom. The Morgan fingerprint density at radius 2 is 1.61 bits per heavy atom. The van der Waals surface area contributed by atoms with Gasteiger partial charge >= 0.3 is 0 Å². The van der Waals surface area contributed by atoms with Crippen LogP contribution in [0.3, 0.4) is 0 Å². The number of carbonyl (C=O) groups is 2. The fourth-order valence-corrected chi connectivity index (χ4v) is 5.01. The van der Waals surface area contributed by atoms with Crippen molar-refractivity contribution in [3.63, 3.8) is 0 Å². The van der Waals surface area contributed by atoms with Gasteiger partial charge in [0.15, 0.2) is 0 Å². The zero-order chi connectivity index (χ0) is 21.4. The molecule has 0 unspecified atom stereocenters. The molecule has 2 aromatic carbocycles. The topological polar surface area (TPSA) is 52.7 Å². The van der Waals surface area contributed by atoms with E-state index < -0.39 is 5.91 Å². The molecule has 7 heteroatoms. The number of amides is 2. The maximum Gasteiger partial charge on any atom is 0.282 e. The van der Waals surface area contributed by atoms with Gasteiger partial charge in [0.1, 0.15) is 5.70 Å². The van der Waals surface area contributed by atoms with Crippen molar-refractivity contribution in [3.8, 4) is 0 Å². The number of rotatable bonds is 5. The van der Waals surface area contributed by atoms with E-state index in [1.54, 1.807) is 24.3 Å². The summed E-state index contributed by atoms with van der Waals surface area (Å²) in [5, 5.41) is 5.45. The van der Waals surface area contributed by atoms with Gasteiger partial charge in [-0.1, -0.05) is 29.8 Å². The molecule has 2 amide bonds. The second-order valence-corrected chi connectivity index (χ2v) is 8.85. The van der Waals surface area contributed by atoms with E-state index >= 15 is 0 Å². The zero-order valence-corrected chi connectivity index (χ0v) is 18.2. The molecule has 3 aromatic rings. The number of carbonyl (C=O) groups excluding carboxylic acids is 2. The summed E-state index contributed by atoms with van der Waals surface area (Å²) < 4.78 is 0. The Balaban J connectivity index is 1.50. The minimum atomic E-state index is -0.412. The molecule has 5 rings (SSSR count). The monoisotopic (exact) mass is 449 g/mol. The lowest BCUT2D eigenvalue weighted by Gasteiger charge is -2.18. The lowest BCUT2D eigenvalue weighted by molar-refractivity contribution is -0.120. The van der Waals surface area contributed by atoms with Gasteiger partial charge in [0.2, 0.25) is 0 Å². The van der Waals surface area contributed by atoms with E-state index in [9.17, 15) is 9.59 Å². The summed E-state index contributed by atoms with van der Waals surface area (Å²) in [5.41, 5.74) is 2.94. The molecule has 156 valence electrons. The van der Waals surface area contributed by atoms with E-state index in [4.69, 9.17) is 11.6 Å². The number of thiophene rings is 1. The highest BCUT2D eigenvalue weighted by Crippen LogP contribution is 2.38. The lowest BCUT2D eigenvalue weighted by atomic mass is 10.1. The number of para-hydroxylation sites is 1. The number of nitrogens with one attached hydrogen (secondary N) is 1. The molecule has 3 heterocycles. The largest absolute Gasteiger partial charge is 0.372 e. The highest BCUT2D eigenvalue weighted by Gasteiger charge is 2.41. The van der Waals surface area contributed by atoms with E-state index in [2.05, 4.69) is 10.2 Å². The molecule has 0 atom stereocenters. The van der Waals surface area contributed by atoms with Crippen LogP contribution in [-0.4, -0.2) is 24.9 Å². The molecular weight excluding hydrogens is 430 g/mol. The van der Waals surface area contributed by atoms with Crippen LogP contribution in [0.5, 0.6) is 0 Å². The fraction of sp³-hybridized carbons (Fsp3) is 0.167. The normalized spacial score (nSPS) is 16.5. The first kappa shape index (κ1) is 19.8. The molecular formula is C24H20ClN3O2S. The Hall–Kier alpha value is -3.09. The van der Waals surface area contributed by atoms with Crippen LogP contribution < -0.4 is 15.1 Å². The van der Waals surface area contributed by atoms with Gasteiger partial charge in [0.25, 0.3) is 11.8 Å². The first-order valence-corrected chi connectivity index (χ1v) is 11.4. The van der Waals surface area contributed by atoms with E-state index in [1.807, 2.05) is 41.8 Å². The number of imide groups is 1. The molecule has 1 aromatic heterocycles. The van der Waals surface area contributed by atoms with Crippen LogP contribution in [0.4, 0.5) is 17.1 Å². The van der Waals surface area contributed by atoms with Crippen molar-refractivity contribution in [2.24, 2.45) is 0 Å². The number of nitrogens with zero attached hydrogens (tertiary/aromatic N) is 2. The van der Waals surface area contributed by atoms with Crippen molar-refractivity contribution in [3.05, 3.63) is 81.6 Å². The van der Waals surface area contributed by atoms with Crippen molar-refractivity contribution in [1.82, 2.24) is 0 Å². The Kier molecular flexibility index (Phi) is 5.26. The van der Waals surface area contributed by atoms with Crippen LogP contribution in [0.25, 0.3) is 5.57 Å². The molecule has 1 fully saturated rings. The molecule has 0 aliphatic carbocycles. The zero-order valence-electron chi connectivity index (χ0n) is 16.7. The van der Waals surface area contributed by atoms with Crippen molar-refractivity contribution in [2.75, 3.05) is 28.2 Å². The summed E-state index contributed by atoms with van der Waals surface area (Å²) in [6.07, 6.45) is 2.43. The molecule has 1 saturated heterocycles. The second-order valence-electron chi connectivity index (χ2n) is 7.49. The maximum absolute atomic E-state index is 13.4. The average molecular weight is 450 g/mol. The average Bonchev–Trinajstić information content (AvgIpc) is 3.53. The van der Waals surface area contributed by atoms with Crippen LogP contribution in [-0.2, 0) is 9.59 Å². The number of halogens is 1. The number of anilines is 3. The summed E-state index contributed by atoms with van der Waals surface area (Å²) in [6, 6.07) is 18.6. The maximum atomic E-state index is 13.4. The third kappa shape index (κ3) is 3.62. The number of hydrogen-bond donors (Lipinski definition) is 1. The highest BCUT2D eigenvalue weighted by atomic mass is 35.5. The van der Waals surface area contributed by atoms with Crippen molar-refractivity contribution >= 4 is 57.4 Å². The molecule has 5 nitrogen and oxygen atoms in total. The molecule has 0 spiro atoms. The standard InChI is InChI=1S/C24H20ClN3O2S/c25-18-6-1-2-7-19(18)28-23(29)21(20-8-5-15-31-20)22(24(28)30)26-16-9-11-17(12-10-16)27-13-3-4-14-27/h1-2,5-12,15,26H,3-4,13-14H2. The van der Waals surface area contributed by atoms with E-state index in [-0.39, 0.29) is 11.6 Å². The molecule has 0 radical (unpaired) electrons. The third-order valence-electron chi connectivity index (χ3n) is 5.55. The molecule has 1 N–H and O–H groups in total. The first-order valence-electron chi connectivity index (χ1n) is 10.2. The van der Waals surface area contributed by atoms with Crippen LogP contribution in [0.1, 0.15) is 17.7 Å². The van der Waals surface area contributed by atoms with Gasteiger partial charge in [-0.25, -0.2) is 4.90 Å². The number of hydrogen-bond acceptors (Lipinski definition) is 5. The summed E-state index contributed by atoms with van der Waals surface area (Å²) in [6.45, 7) is 2.14. The lowest BCUT2D eigenvalue weighted by Crippen LogP contribution is -2.32. The summed E-state index contributed by atoms with van der Waals surface area (Å²) in [5.74, 6) is -0.790. The van der Waals surface area contributed by atoms with Gasteiger partial charge in [-0.15, -0.1) is 11.3 Å². The van der Waals surface area contributed by atoms with Gasteiger partial charge < -0.3 is 10.2 Å². The van der Waals surface area contributed by atoms with E-state index in [0.717, 1.165) is 28.6 Å². The predicted octanol–water partition coefficient (Wildman–Crippen LogP) is 5.40. The highest BCUT2D eigenvalue weighted by molar-refractivity contribution is 7.11. The molecule has 2 aliphatic heterocycles. The van der Waals surface area contributed by atoms with Crippen LogP contribution in [0.15, 0.2) is 71.7 Å². The quantitative estimate of drug-likeness (QED) is 0.530. The molecule has 31 heavy (non-hydrogen) atoms. The third-order valence-corrected chi connectivity index (χ3v) is 6.76. The van der Waals surface area contributed by atoms with Crippen LogP contribution >= 0.6 is 22.9 Å². The Labute approximate surface area is 189 Å². The Morgan fingerprint density at radius 3 is 2.29 bits per heavy atom. The smallest absolute Gasteiger partial charge is 0.282 e. The summed E-state index contributed by atoms with van der Waals surface area (Å²) in [7, 11) is 0. The summed E-state index contributed by atoms with van der Waals surface area (Å²) in [4.78, 5) is 31.0. The van der Waals surface area contributed by atoms with Gasteiger partial charge in [0.05, 0.1) is 16.3 Å². The number of benzene rings is 2. The SMILES string of the molecule is O=C1C(Nc2ccc(N3CCCC3)cc2)=C(c2cccs2)C(=O)N1c1ccccc1Cl. The van der Waals surface area contributed by atoms with Crippen LogP contribution in [0.2, 0.25) is 5.02 Å². The van der Waals surface area contributed by atoms with Gasteiger partial charge in [-0.05, 0) is 60.7 Å². The molecule has 0 saturated carbocycles. The Bertz CT molecular complexity index is 1170. The second kappa shape index (κ2) is 8.21. The van der Waals surface area contributed by atoms with Crippen molar-refractivity contribution in [1.29, 1.82) is 0 Å². The van der Waals surface area contributed by atoms with E-state index in [0.29, 0.717) is 16.3 Å². The molecule has 2 aliphatic rings. The van der Waals surface area contributed by atoms with Crippen molar-refractivity contribution in [2.45, 2.75) is 12.8 Å². The van der Waals surface area contributed by atoms with Gasteiger partial charge in [-0.3, -0.25) is 9.59 Å². The van der Waals surface area contributed by atoms with Gasteiger partial charge in [-0.2, -0.15) is 0 Å². The first-order chi connectivity index (χ1) is 15.1. The fourth-order valence-electron chi connectivity index (χ4n) is 4.02. The van der Waals surface area contributed by atoms with Gasteiger partial charge in [0, 0.05) is 29.3 Å². The molecule has 0 bridgehead atoms. The minimum Gasteiger partial charge on any atom is -0.372 e.